The van der Waals surface area contributed by atoms with Crippen molar-refractivity contribution in [3.8, 4) is 5.69 Å². The minimum atomic E-state index is -0.413. The summed E-state index contributed by atoms with van der Waals surface area (Å²) in [5.41, 5.74) is 0.638. The Morgan fingerprint density at radius 1 is 1.25 bits per heavy atom. The van der Waals surface area contributed by atoms with Gasteiger partial charge in [-0.1, -0.05) is 50.7 Å². The van der Waals surface area contributed by atoms with Crippen LogP contribution in [0.3, 0.4) is 0 Å². The molecule has 2 heterocycles. The summed E-state index contributed by atoms with van der Waals surface area (Å²) < 4.78 is 1.63. The standard InChI is InChI=1S/C17H18N4O2S/c1-17(2,3)13(22)10-24-16-19-14-12(15(23)20-16)9-18-21(14)11-7-5-4-6-8-11/h4-9H,10H2,1-3H3,(H,19,20,23). The van der Waals surface area contributed by atoms with Gasteiger partial charge in [0, 0.05) is 5.41 Å². The van der Waals surface area contributed by atoms with Crippen LogP contribution >= 0.6 is 11.8 Å². The molecular weight excluding hydrogens is 324 g/mol. The number of Topliss-reactive ketones (excluding diaryl/α,β-unsaturated/α-hetero) is 1. The van der Waals surface area contributed by atoms with Gasteiger partial charge in [-0.2, -0.15) is 5.10 Å². The van der Waals surface area contributed by atoms with E-state index in [1.54, 1.807) is 4.68 Å². The highest BCUT2D eigenvalue weighted by atomic mass is 32.2. The number of carbonyl (C=O) groups excluding carboxylic acids is 1. The first-order chi connectivity index (χ1) is 11.4. The van der Waals surface area contributed by atoms with E-state index in [1.807, 2.05) is 51.1 Å². The lowest BCUT2D eigenvalue weighted by Crippen LogP contribution is -2.22. The van der Waals surface area contributed by atoms with Crippen LogP contribution in [0.2, 0.25) is 0 Å². The number of rotatable bonds is 4. The monoisotopic (exact) mass is 342 g/mol. The average molecular weight is 342 g/mol. The van der Waals surface area contributed by atoms with E-state index in [9.17, 15) is 9.59 Å². The smallest absolute Gasteiger partial charge is 0.262 e. The van der Waals surface area contributed by atoms with E-state index in [-0.39, 0.29) is 17.1 Å². The molecule has 3 rings (SSSR count). The molecule has 3 aromatic rings. The molecule has 1 aromatic carbocycles. The molecule has 0 spiro atoms. The molecule has 0 saturated heterocycles. The first kappa shape index (κ1) is 16.4. The van der Waals surface area contributed by atoms with Crippen molar-refractivity contribution in [2.24, 2.45) is 5.41 Å². The molecule has 0 bridgehead atoms. The number of aromatic amines is 1. The Morgan fingerprint density at radius 3 is 2.62 bits per heavy atom. The van der Waals surface area contributed by atoms with Gasteiger partial charge >= 0.3 is 0 Å². The van der Waals surface area contributed by atoms with Crippen LogP contribution in [-0.2, 0) is 4.79 Å². The van der Waals surface area contributed by atoms with E-state index in [0.717, 1.165) is 5.69 Å². The quantitative estimate of drug-likeness (QED) is 0.582. The van der Waals surface area contributed by atoms with E-state index >= 15 is 0 Å². The maximum atomic E-state index is 12.2. The zero-order valence-corrected chi connectivity index (χ0v) is 14.6. The van der Waals surface area contributed by atoms with Gasteiger partial charge in [-0.05, 0) is 12.1 Å². The van der Waals surface area contributed by atoms with E-state index in [0.29, 0.717) is 16.2 Å². The van der Waals surface area contributed by atoms with Crippen LogP contribution in [0.15, 0.2) is 46.5 Å². The molecule has 1 N–H and O–H groups in total. The van der Waals surface area contributed by atoms with Crippen molar-refractivity contribution in [1.29, 1.82) is 0 Å². The number of para-hydroxylation sites is 1. The normalized spacial score (nSPS) is 11.8. The van der Waals surface area contributed by atoms with E-state index in [2.05, 4.69) is 15.1 Å². The maximum Gasteiger partial charge on any atom is 0.262 e. The number of thioether (sulfide) groups is 1. The molecule has 0 aliphatic carbocycles. The molecular formula is C17H18N4O2S. The largest absolute Gasteiger partial charge is 0.301 e. The summed E-state index contributed by atoms with van der Waals surface area (Å²) in [7, 11) is 0. The van der Waals surface area contributed by atoms with Gasteiger partial charge in [0.25, 0.3) is 5.56 Å². The van der Waals surface area contributed by atoms with Gasteiger partial charge in [0.2, 0.25) is 0 Å². The molecule has 124 valence electrons. The Hall–Kier alpha value is -2.41. The van der Waals surface area contributed by atoms with Crippen molar-refractivity contribution in [1.82, 2.24) is 19.7 Å². The van der Waals surface area contributed by atoms with Gasteiger partial charge in [-0.3, -0.25) is 9.59 Å². The Bertz CT molecular complexity index is 939. The molecule has 0 aliphatic heterocycles. The molecule has 6 nitrogen and oxygen atoms in total. The van der Waals surface area contributed by atoms with Gasteiger partial charge in [-0.25, -0.2) is 9.67 Å². The molecule has 0 fully saturated rings. The van der Waals surface area contributed by atoms with Crippen molar-refractivity contribution in [3.63, 3.8) is 0 Å². The molecule has 24 heavy (non-hydrogen) atoms. The second-order valence-corrected chi connectivity index (χ2v) is 7.43. The van der Waals surface area contributed by atoms with Crippen molar-refractivity contribution >= 4 is 28.6 Å². The summed E-state index contributed by atoms with van der Waals surface area (Å²) >= 11 is 1.23. The number of nitrogens with zero attached hydrogens (tertiary/aromatic N) is 3. The average Bonchev–Trinajstić information content (AvgIpc) is 2.97. The first-order valence-electron chi connectivity index (χ1n) is 7.56. The predicted molar refractivity (Wildman–Crippen MR) is 94.7 cm³/mol. The number of carbonyl (C=O) groups is 1. The van der Waals surface area contributed by atoms with Crippen LogP contribution in [0.1, 0.15) is 20.8 Å². The minimum absolute atomic E-state index is 0.104. The molecule has 7 heteroatoms. The molecule has 0 saturated carbocycles. The number of nitrogens with one attached hydrogen (secondary N) is 1. The van der Waals surface area contributed by atoms with Gasteiger partial charge in [0.15, 0.2) is 10.8 Å². The number of hydrogen-bond acceptors (Lipinski definition) is 5. The Morgan fingerprint density at radius 2 is 1.96 bits per heavy atom. The number of H-pyrrole nitrogens is 1. The van der Waals surface area contributed by atoms with Gasteiger partial charge in [0.05, 0.1) is 17.6 Å². The summed E-state index contributed by atoms with van der Waals surface area (Å²) in [6, 6.07) is 9.49. The van der Waals surface area contributed by atoms with E-state index < -0.39 is 5.41 Å². The molecule has 2 aromatic heterocycles. The van der Waals surface area contributed by atoms with Crippen LogP contribution in [0, 0.1) is 5.41 Å². The van der Waals surface area contributed by atoms with E-state index in [1.165, 1.54) is 18.0 Å². The summed E-state index contributed by atoms with van der Waals surface area (Å²) in [6.07, 6.45) is 1.50. The SMILES string of the molecule is CC(C)(C)C(=O)CSc1nc2c(cnn2-c2ccccc2)c(=O)[nH]1. The summed E-state index contributed by atoms with van der Waals surface area (Å²) in [4.78, 5) is 31.5. The number of hydrogen-bond donors (Lipinski definition) is 1. The summed E-state index contributed by atoms with van der Waals surface area (Å²) in [6.45, 7) is 5.62. The Labute approximate surface area is 143 Å². The number of benzene rings is 1. The van der Waals surface area contributed by atoms with Gasteiger partial charge < -0.3 is 4.98 Å². The van der Waals surface area contributed by atoms with Crippen LogP contribution in [0.5, 0.6) is 0 Å². The lowest BCUT2D eigenvalue weighted by Gasteiger charge is -2.15. The summed E-state index contributed by atoms with van der Waals surface area (Å²) in [5, 5.41) is 5.10. The fourth-order valence-corrected chi connectivity index (χ4v) is 3.09. The maximum absolute atomic E-state index is 12.2. The minimum Gasteiger partial charge on any atom is -0.301 e. The number of aromatic nitrogens is 4. The van der Waals surface area contributed by atoms with Crippen molar-refractivity contribution in [2.75, 3.05) is 5.75 Å². The highest BCUT2D eigenvalue weighted by Crippen LogP contribution is 2.22. The third-order valence-corrected chi connectivity index (χ3v) is 4.47. The zero-order valence-electron chi connectivity index (χ0n) is 13.7. The van der Waals surface area contributed by atoms with Crippen LogP contribution in [-0.4, -0.2) is 31.3 Å². The number of fused-ring (bicyclic) bond motifs is 1. The second kappa shape index (κ2) is 6.24. The molecule has 0 aliphatic rings. The van der Waals surface area contributed by atoms with Crippen LogP contribution in [0.4, 0.5) is 0 Å². The van der Waals surface area contributed by atoms with Gasteiger partial charge in [-0.15, -0.1) is 0 Å². The molecule has 0 atom stereocenters. The van der Waals surface area contributed by atoms with Crippen molar-refractivity contribution < 1.29 is 4.79 Å². The van der Waals surface area contributed by atoms with Gasteiger partial charge in [0.1, 0.15) is 11.2 Å². The Balaban J connectivity index is 1.97. The molecule has 0 radical (unpaired) electrons. The predicted octanol–water partition coefficient (Wildman–Crippen LogP) is 2.82. The third-order valence-electron chi connectivity index (χ3n) is 3.59. The molecule has 0 amide bonds. The van der Waals surface area contributed by atoms with Crippen molar-refractivity contribution in [2.45, 2.75) is 25.9 Å². The topological polar surface area (TPSA) is 80.6 Å². The number of ketones is 1. The lowest BCUT2D eigenvalue weighted by atomic mass is 9.92. The lowest BCUT2D eigenvalue weighted by molar-refractivity contribution is -0.123. The first-order valence-corrected chi connectivity index (χ1v) is 8.54. The molecule has 0 unspecified atom stereocenters. The van der Waals surface area contributed by atoms with Crippen molar-refractivity contribution in [3.05, 3.63) is 46.9 Å². The highest BCUT2D eigenvalue weighted by molar-refractivity contribution is 7.99. The zero-order chi connectivity index (χ0) is 17.3. The highest BCUT2D eigenvalue weighted by Gasteiger charge is 2.21. The van der Waals surface area contributed by atoms with E-state index in [4.69, 9.17) is 0 Å². The van der Waals surface area contributed by atoms with Crippen LogP contribution in [0.25, 0.3) is 16.7 Å². The fraction of sp³-hybridized carbons (Fsp3) is 0.294. The summed E-state index contributed by atoms with van der Waals surface area (Å²) in [5.74, 6) is 0.365. The Kier molecular flexibility index (Phi) is 4.28. The van der Waals surface area contributed by atoms with Crippen LogP contribution < -0.4 is 5.56 Å². The fourth-order valence-electron chi connectivity index (χ4n) is 2.08. The second-order valence-electron chi connectivity index (χ2n) is 6.46. The third kappa shape index (κ3) is 3.26.